The molecule has 1 heterocycles. The van der Waals surface area contributed by atoms with Gasteiger partial charge in [-0.15, -0.1) is 12.4 Å². The van der Waals surface area contributed by atoms with Crippen LogP contribution < -0.4 is 5.73 Å². The molecule has 0 spiro atoms. The Hall–Kier alpha value is -2.07. The summed E-state index contributed by atoms with van der Waals surface area (Å²) in [6, 6.07) is 10.3. The zero-order chi connectivity index (χ0) is 20.8. The number of carbonyl (C=O) groups is 1. The van der Waals surface area contributed by atoms with E-state index >= 15 is 0 Å². The van der Waals surface area contributed by atoms with Gasteiger partial charge in [0.2, 0.25) is 15.9 Å². The van der Waals surface area contributed by atoms with Crippen LogP contribution >= 0.6 is 12.4 Å². The van der Waals surface area contributed by atoms with Gasteiger partial charge < -0.3 is 10.6 Å². The van der Waals surface area contributed by atoms with Crippen molar-refractivity contribution in [1.29, 1.82) is 0 Å². The van der Waals surface area contributed by atoms with Gasteiger partial charge in [0.25, 0.3) is 0 Å². The van der Waals surface area contributed by atoms with Gasteiger partial charge in [-0.25, -0.2) is 17.2 Å². The van der Waals surface area contributed by atoms with Crippen LogP contribution in [0.3, 0.4) is 0 Å². The van der Waals surface area contributed by atoms with Crippen molar-refractivity contribution in [2.45, 2.75) is 23.3 Å². The predicted molar refractivity (Wildman–Crippen MR) is 110 cm³/mol. The Morgan fingerprint density at radius 1 is 0.933 bits per heavy atom. The van der Waals surface area contributed by atoms with E-state index in [1.54, 1.807) is 4.90 Å². The molecule has 6 nitrogen and oxygen atoms in total. The third-order valence-corrected chi connectivity index (χ3v) is 7.51. The quantitative estimate of drug-likeness (QED) is 0.760. The number of piperazine rings is 1. The van der Waals surface area contributed by atoms with Gasteiger partial charge in [0, 0.05) is 26.2 Å². The summed E-state index contributed by atoms with van der Waals surface area (Å²) >= 11 is 0. The van der Waals surface area contributed by atoms with Gasteiger partial charge in [0.15, 0.2) is 11.6 Å². The summed E-state index contributed by atoms with van der Waals surface area (Å²) in [7, 11) is -3.97. The lowest BCUT2D eigenvalue weighted by molar-refractivity contribution is -0.137. The summed E-state index contributed by atoms with van der Waals surface area (Å²) in [5.74, 6) is -2.52. The molecular weight excluding hydrogens is 436 g/mol. The maximum absolute atomic E-state index is 13.4. The Labute approximate surface area is 180 Å². The molecular formula is C20H22ClF2N3O3S. The first-order valence-corrected chi connectivity index (χ1v) is 10.7. The molecule has 1 aliphatic heterocycles. The topological polar surface area (TPSA) is 83.7 Å². The van der Waals surface area contributed by atoms with Gasteiger partial charge in [-0.1, -0.05) is 24.3 Å². The summed E-state index contributed by atoms with van der Waals surface area (Å²) < 4.78 is 53.1. The molecule has 0 atom stereocenters. The van der Waals surface area contributed by atoms with E-state index in [1.165, 1.54) is 4.31 Å². The molecule has 0 aromatic heterocycles. The van der Waals surface area contributed by atoms with Gasteiger partial charge in [-0.05, 0) is 42.2 Å². The molecule has 2 aromatic rings. The third-order valence-electron chi connectivity index (χ3n) is 5.61. The number of hydrogen-bond donors (Lipinski definition) is 1. The number of halogens is 3. The van der Waals surface area contributed by atoms with Crippen LogP contribution in [0.15, 0.2) is 47.4 Å². The molecule has 1 fully saturated rings. The smallest absolute Gasteiger partial charge is 0.243 e. The third kappa shape index (κ3) is 3.94. The number of nitrogens with zero attached hydrogens (tertiary/aromatic N) is 2. The number of benzene rings is 2. The van der Waals surface area contributed by atoms with E-state index in [0.717, 1.165) is 23.3 Å². The highest BCUT2D eigenvalue weighted by Gasteiger charge is 2.43. The highest BCUT2D eigenvalue weighted by molar-refractivity contribution is 7.89. The second kappa shape index (κ2) is 8.22. The number of carbonyl (C=O) groups excluding carboxylic acids is 1. The van der Waals surface area contributed by atoms with Crippen LogP contribution in [0.25, 0.3) is 0 Å². The van der Waals surface area contributed by atoms with E-state index in [2.05, 4.69) is 0 Å². The standard InChI is InChI=1S/C20H21F2N3O3S.ClH/c21-17-6-5-16(11-18(17)22)29(27,28)25-9-7-24(8-10-25)19(26)20(23)12-14-3-1-2-4-15(14)13-20;/h1-6,11H,7-10,12-13,23H2;1H. The highest BCUT2D eigenvalue weighted by atomic mass is 35.5. The van der Waals surface area contributed by atoms with Crippen LogP contribution in [0.2, 0.25) is 0 Å². The number of nitrogens with two attached hydrogens (primary N) is 1. The van der Waals surface area contributed by atoms with E-state index in [1.807, 2.05) is 24.3 Å². The van der Waals surface area contributed by atoms with Crippen molar-refractivity contribution in [3.8, 4) is 0 Å². The van der Waals surface area contributed by atoms with Crippen LogP contribution in [-0.4, -0.2) is 55.2 Å². The van der Waals surface area contributed by atoms with E-state index in [0.29, 0.717) is 18.9 Å². The van der Waals surface area contributed by atoms with Crippen LogP contribution in [-0.2, 0) is 27.7 Å². The van der Waals surface area contributed by atoms with E-state index < -0.39 is 27.2 Å². The predicted octanol–water partition coefficient (Wildman–Crippen LogP) is 1.72. The van der Waals surface area contributed by atoms with Crippen molar-refractivity contribution in [3.63, 3.8) is 0 Å². The number of sulfonamides is 1. The Bertz CT molecular complexity index is 1050. The van der Waals surface area contributed by atoms with Crippen molar-refractivity contribution in [2.24, 2.45) is 5.73 Å². The first-order valence-electron chi connectivity index (χ1n) is 9.31. The van der Waals surface area contributed by atoms with Crippen molar-refractivity contribution in [1.82, 2.24) is 9.21 Å². The molecule has 2 N–H and O–H groups in total. The SMILES string of the molecule is Cl.NC1(C(=O)N2CCN(S(=O)(=O)c3ccc(F)c(F)c3)CC2)Cc2ccccc2C1. The van der Waals surface area contributed by atoms with E-state index in [4.69, 9.17) is 5.73 Å². The second-order valence-corrected chi connectivity index (χ2v) is 9.49. The first kappa shape index (κ1) is 22.6. The molecule has 162 valence electrons. The average Bonchev–Trinajstić information content (AvgIpc) is 3.07. The molecule has 0 radical (unpaired) electrons. The summed E-state index contributed by atoms with van der Waals surface area (Å²) in [5.41, 5.74) is 7.52. The highest BCUT2D eigenvalue weighted by Crippen LogP contribution is 2.30. The van der Waals surface area contributed by atoms with Gasteiger partial charge >= 0.3 is 0 Å². The molecule has 30 heavy (non-hydrogen) atoms. The van der Waals surface area contributed by atoms with Gasteiger partial charge in [-0.2, -0.15) is 4.31 Å². The fourth-order valence-corrected chi connectivity index (χ4v) is 5.46. The maximum Gasteiger partial charge on any atom is 0.243 e. The molecule has 0 unspecified atom stereocenters. The number of amides is 1. The van der Waals surface area contributed by atoms with Crippen molar-refractivity contribution in [2.75, 3.05) is 26.2 Å². The molecule has 2 aromatic carbocycles. The maximum atomic E-state index is 13.4. The molecule has 1 aliphatic carbocycles. The fraction of sp³-hybridized carbons (Fsp3) is 0.350. The Morgan fingerprint density at radius 2 is 1.50 bits per heavy atom. The minimum absolute atomic E-state index is 0. The number of fused-ring (bicyclic) bond motifs is 1. The molecule has 10 heteroatoms. The number of hydrogen-bond acceptors (Lipinski definition) is 4. The average molecular weight is 458 g/mol. The van der Waals surface area contributed by atoms with Crippen molar-refractivity contribution < 1.29 is 22.0 Å². The number of rotatable bonds is 3. The summed E-state index contributed by atoms with van der Waals surface area (Å²) in [6.45, 7) is 0.514. The van der Waals surface area contributed by atoms with E-state index in [-0.39, 0.29) is 49.4 Å². The lowest BCUT2D eigenvalue weighted by Gasteiger charge is -2.37. The Morgan fingerprint density at radius 3 is 2.03 bits per heavy atom. The minimum Gasteiger partial charge on any atom is -0.338 e. The second-order valence-electron chi connectivity index (χ2n) is 7.55. The van der Waals surface area contributed by atoms with Crippen LogP contribution in [0.1, 0.15) is 11.1 Å². The zero-order valence-corrected chi connectivity index (χ0v) is 17.7. The molecule has 0 bridgehead atoms. The minimum atomic E-state index is -3.97. The molecule has 0 saturated carbocycles. The Balaban J connectivity index is 0.00000256. The van der Waals surface area contributed by atoms with Gasteiger partial charge in [0.1, 0.15) is 5.54 Å². The van der Waals surface area contributed by atoms with Gasteiger partial charge in [-0.3, -0.25) is 4.79 Å². The van der Waals surface area contributed by atoms with Crippen LogP contribution in [0.5, 0.6) is 0 Å². The lowest BCUT2D eigenvalue weighted by atomic mass is 9.95. The van der Waals surface area contributed by atoms with Crippen LogP contribution in [0, 0.1) is 11.6 Å². The van der Waals surface area contributed by atoms with Crippen molar-refractivity contribution >= 4 is 28.3 Å². The van der Waals surface area contributed by atoms with Crippen LogP contribution in [0.4, 0.5) is 8.78 Å². The molecule has 2 aliphatic rings. The fourth-order valence-electron chi connectivity index (χ4n) is 4.03. The summed E-state index contributed by atoms with van der Waals surface area (Å²) in [5, 5.41) is 0. The van der Waals surface area contributed by atoms with E-state index in [9.17, 15) is 22.0 Å². The molecule has 4 rings (SSSR count). The molecule has 1 saturated heterocycles. The Kier molecular flexibility index (Phi) is 6.20. The van der Waals surface area contributed by atoms with Crippen molar-refractivity contribution in [3.05, 3.63) is 65.2 Å². The monoisotopic (exact) mass is 457 g/mol. The first-order chi connectivity index (χ1) is 13.7. The normalized spacial score (nSPS) is 18.6. The summed E-state index contributed by atoms with van der Waals surface area (Å²) in [6.07, 6.45) is 0.907. The lowest BCUT2D eigenvalue weighted by Crippen LogP contribution is -2.60. The molecule has 1 amide bonds. The van der Waals surface area contributed by atoms with Gasteiger partial charge in [0.05, 0.1) is 4.90 Å². The zero-order valence-electron chi connectivity index (χ0n) is 16.1. The largest absolute Gasteiger partial charge is 0.338 e. The summed E-state index contributed by atoms with van der Waals surface area (Å²) in [4.78, 5) is 14.3.